The highest BCUT2D eigenvalue weighted by molar-refractivity contribution is 5.92. The van der Waals surface area contributed by atoms with Crippen LogP contribution in [0.15, 0.2) is 53.6 Å². The van der Waals surface area contributed by atoms with Gasteiger partial charge in [0.25, 0.3) is 11.5 Å². The fourth-order valence-corrected chi connectivity index (χ4v) is 4.47. The number of benzene rings is 1. The number of nitrogens with zero attached hydrogens (tertiary/aromatic N) is 5. The molecule has 2 aromatic heterocycles. The van der Waals surface area contributed by atoms with Crippen molar-refractivity contribution in [2.75, 3.05) is 5.32 Å². The molecular formula is C26H30N6O4. The molecule has 1 aliphatic rings. The molecule has 3 aromatic rings. The van der Waals surface area contributed by atoms with Crippen molar-refractivity contribution in [2.45, 2.75) is 64.1 Å². The largest absolute Gasteiger partial charge is 0.454 e. The molecule has 1 aliphatic carbocycles. The Kier molecular flexibility index (Phi) is 7.50. The summed E-state index contributed by atoms with van der Waals surface area (Å²) in [4.78, 5) is 26.4. The van der Waals surface area contributed by atoms with E-state index >= 15 is 0 Å². The van der Waals surface area contributed by atoms with Gasteiger partial charge in [-0.05, 0) is 38.3 Å². The number of aromatic nitrogens is 4. The Morgan fingerprint density at radius 3 is 2.75 bits per heavy atom. The number of nitriles is 1. The molecule has 36 heavy (non-hydrogen) atoms. The molecule has 0 bridgehead atoms. The predicted molar refractivity (Wildman–Crippen MR) is 132 cm³/mol. The minimum absolute atomic E-state index is 0.185. The van der Waals surface area contributed by atoms with Crippen molar-refractivity contribution in [3.63, 3.8) is 0 Å². The lowest BCUT2D eigenvalue weighted by molar-refractivity contribution is -0.120. The molecule has 1 fully saturated rings. The van der Waals surface area contributed by atoms with E-state index in [9.17, 15) is 20.0 Å². The third-order valence-electron chi connectivity index (χ3n) is 6.11. The molecule has 1 amide bonds. The summed E-state index contributed by atoms with van der Waals surface area (Å²) in [6.45, 7) is 3.62. The zero-order valence-electron chi connectivity index (χ0n) is 20.4. The number of carbonyl (C=O) groups excluding carboxylic acids is 1. The van der Waals surface area contributed by atoms with E-state index in [-0.39, 0.29) is 18.2 Å². The predicted octanol–water partition coefficient (Wildman–Crippen LogP) is 3.63. The first kappa shape index (κ1) is 25.1. The molecule has 0 saturated heterocycles. The van der Waals surface area contributed by atoms with Crippen molar-refractivity contribution in [3.8, 4) is 17.6 Å². The first-order valence-electron chi connectivity index (χ1n) is 12.0. The first-order chi connectivity index (χ1) is 17.2. The van der Waals surface area contributed by atoms with Crippen molar-refractivity contribution in [2.24, 2.45) is 5.92 Å². The lowest BCUT2D eigenvalue weighted by Crippen LogP contribution is -2.36. The van der Waals surface area contributed by atoms with E-state index in [1.165, 1.54) is 16.9 Å². The van der Waals surface area contributed by atoms with Crippen LogP contribution in [0.25, 0.3) is 0 Å². The first-order valence-corrected chi connectivity index (χ1v) is 12.0. The van der Waals surface area contributed by atoms with E-state index in [4.69, 9.17) is 4.74 Å². The van der Waals surface area contributed by atoms with Gasteiger partial charge in [-0.2, -0.15) is 15.5 Å². The highest BCUT2D eigenvalue weighted by atomic mass is 16.5. The maximum absolute atomic E-state index is 13.3. The summed E-state index contributed by atoms with van der Waals surface area (Å²) >= 11 is 0. The topological polar surface area (TPSA) is 135 Å². The molecule has 0 radical (unpaired) electrons. The van der Waals surface area contributed by atoms with Crippen LogP contribution in [-0.4, -0.2) is 36.2 Å². The number of rotatable bonds is 9. The molecule has 1 saturated carbocycles. The SMILES string of the molecule is CC(C)(O)Cn1ccc(NC(=O)[C@@H](CC2CCCC2)n2ncc(Oc3ccccc3C#N)cc2=O)n1. The summed E-state index contributed by atoms with van der Waals surface area (Å²) in [5.41, 5.74) is -1.09. The van der Waals surface area contributed by atoms with E-state index in [1.807, 2.05) is 6.07 Å². The summed E-state index contributed by atoms with van der Waals surface area (Å²) in [5, 5.41) is 30.7. The summed E-state index contributed by atoms with van der Waals surface area (Å²) in [6.07, 6.45) is 7.76. The second-order valence-corrected chi connectivity index (χ2v) is 9.79. The van der Waals surface area contributed by atoms with Crippen LogP contribution >= 0.6 is 0 Å². The van der Waals surface area contributed by atoms with E-state index in [0.717, 1.165) is 25.7 Å². The Bertz CT molecular complexity index is 1310. The van der Waals surface area contributed by atoms with Crippen LogP contribution in [0.5, 0.6) is 11.5 Å². The van der Waals surface area contributed by atoms with Gasteiger partial charge >= 0.3 is 0 Å². The Hall–Kier alpha value is -3.97. The fraction of sp³-hybridized carbons (Fsp3) is 0.423. The molecule has 0 aliphatic heterocycles. The van der Waals surface area contributed by atoms with Crippen LogP contribution in [0, 0.1) is 17.2 Å². The maximum atomic E-state index is 13.3. The van der Waals surface area contributed by atoms with Gasteiger partial charge in [0, 0.05) is 18.3 Å². The van der Waals surface area contributed by atoms with Crippen LogP contribution < -0.4 is 15.6 Å². The molecule has 10 heteroatoms. The number of anilines is 1. The number of hydrogen-bond donors (Lipinski definition) is 2. The van der Waals surface area contributed by atoms with Gasteiger partial charge in [-0.15, -0.1) is 0 Å². The third-order valence-corrected chi connectivity index (χ3v) is 6.11. The minimum Gasteiger partial charge on any atom is -0.454 e. The fourth-order valence-electron chi connectivity index (χ4n) is 4.47. The van der Waals surface area contributed by atoms with Gasteiger partial charge < -0.3 is 15.2 Å². The van der Waals surface area contributed by atoms with E-state index in [2.05, 4.69) is 15.5 Å². The van der Waals surface area contributed by atoms with E-state index in [1.54, 1.807) is 55.1 Å². The van der Waals surface area contributed by atoms with Gasteiger partial charge in [0.05, 0.1) is 23.9 Å². The van der Waals surface area contributed by atoms with Crippen molar-refractivity contribution < 1.29 is 14.6 Å². The maximum Gasteiger partial charge on any atom is 0.271 e. The van der Waals surface area contributed by atoms with Crippen LogP contribution in [-0.2, 0) is 11.3 Å². The molecule has 0 spiro atoms. The van der Waals surface area contributed by atoms with Crippen molar-refractivity contribution in [1.82, 2.24) is 19.6 Å². The molecule has 4 rings (SSSR count). The van der Waals surface area contributed by atoms with Gasteiger partial charge in [-0.25, -0.2) is 4.68 Å². The summed E-state index contributed by atoms with van der Waals surface area (Å²) < 4.78 is 8.45. The van der Waals surface area contributed by atoms with E-state index < -0.39 is 17.2 Å². The second-order valence-electron chi connectivity index (χ2n) is 9.79. The summed E-state index contributed by atoms with van der Waals surface area (Å²) in [7, 11) is 0. The Morgan fingerprint density at radius 1 is 1.31 bits per heavy atom. The number of hydrogen-bond acceptors (Lipinski definition) is 7. The van der Waals surface area contributed by atoms with Crippen molar-refractivity contribution in [1.29, 1.82) is 5.26 Å². The highest BCUT2D eigenvalue weighted by Gasteiger charge is 2.29. The normalized spacial score (nSPS) is 14.8. The van der Waals surface area contributed by atoms with Crippen LogP contribution in [0.4, 0.5) is 5.82 Å². The molecule has 188 valence electrons. The number of amides is 1. The van der Waals surface area contributed by atoms with Crippen LogP contribution in [0.2, 0.25) is 0 Å². The molecule has 0 unspecified atom stereocenters. The quantitative estimate of drug-likeness (QED) is 0.467. The van der Waals surface area contributed by atoms with Crippen molar-refractivity contribution in [3.05, 3.63) is 64.7 Å². The second kappa shape index (κ2) is 10.7. The van der Waals surface area contributed by atoms with Gasteiger partial charge in [0.15, 0.2) is 11.6 Å². The van der Waals surface area contributed by atoms with Crippen molar-refractivity contribution >= 4 is 11.7 Å². The Morgan fingerprint density at radius 2 is 2.06 bits per heavy atom. The summed E-state index contributed by atoms with van der Waals surface area (Å²) in [5.74, 6) is 0.779. The van der Waals surface area contributed by atoms with Crippen LogP contribution in [0.1, 0.15) is 57.6 Å². The minimum atomic E-state index is -0.951. The number of aliphatic hydroxyl groups is 1. The van der Waals surface area contributed by atoms with Gasteiger partial charge in [-0.3, -0.25) is 14.3 Å². The number of para-hydroxylation sites is 1. The Balaban J connectivity index is 1.55. The number of nitrogens with one attached hydrogen (secondary N) is 1. The zero-order valence-corrected chi connectivity index (χ0v) is 20.4. The third kappa shape index (κ3) is 6.37. The van der Waals surface area contributed by atoms with Gasteiger partial charge in [0.2, 0.25) is 0 Å². The van der Waals surface area contributed by atoms with Crippen LogP contribution in [0.3, 0.4) is 0 Å². The average molecular weight is 491 g/mol. The molecule has 10 nitrogen and oxygen atoms in total. The van der Waals surface area contributed by atoms with Gasteiger partial charge in [0.1, 0.15) is 17.9 Å². The summed E-state index contributed by atoms with van der Waals surface area (Å²) in [6, 6.07) is 10.9. The zero-order chi connectivity index (χ0) is 25.7. The smallest absolute Gasteiger partial charge is 0.271 e. The molecule has 1 atom stereocenters. The molecule has 2 heterocycles. The molecule has 2 N–H and O–H groups in total. The lowest BCUT2D eigenvalue weighted by Gasteiger charge is -2.21. The lowest BCUT2D eigenvalue weighted by atomic mass is 9.98. The van der Waals surface area contributed by atoms with Gasteiger partial charge in [-0.1, -0.05) is 37.8 Å². The average Bonchev–Trinajstić information content (AvgIpc) is 3.49. The highest BCUT2D eigenvalue weighted by Crippen LogP contribution is 2.32. The number of carbonyl (C=O) groups is 1. The monoisotopic (exact) mass is 490 g/mol. The van der Waals surface area contributed by atoms with E-state index in [0.29, 0.717) is 29.5 Å². The Labute approximate surface area is 209 Å². The molecular weight excluding hydrogens is 460 g/mol. The molecule has 1 aromatic carbocycles. The standard InChI is InChI=1S/C26H30N6O4/c1-26(2,35)17-31-12-11-23(30-31)29-25(34)21(13-18-7-3-4-8-18)32-24(33)14-20(16-28-32)36-22-10-6-5-9-19(22)15-27/h5-6,9-12,14,16,18,21,35H,3-4,7-8,13,17H2,1-2H3,(H,29,30,34)/t21-/m1/s1. The number of ether oxygens (including phenoxy) is 1.